The van der Waals surface area contributed by atoms with Crippen LogP contribution in [-0.2, 0) is 64.7 Å². The summed E-state index contributed by atoms with van der Waals surface area (Å²) in [7, 11) is 1.46. The molecule has 462 valence electrons. The minimum Gasteiger partial charge on any atom is -0.465 e. The van der Waals surface area contributed by atoms with E-state index in [2.05, 4.69) is 38.7 Å². The SMILES string of the molecule is C[C@@H]1COCCN1C[C@H]1CN(C(=O)O)[C@H](C)CN1CC(=O)N1CC(C)(C(=O)Nc2ccc3c(c2)CN(C(=O)[C@@H](NC(=O)[C@H](C)N(C)C(=O)OC(C)(C)C)C(C)(C)C)[C@H](C(=O)N[C@@H]2CCCc4ccccc42)C3)c2ccc(Cc3ccc(F)cc3)cc21. The molecule has 4 aliphatic heterocycles. The zero-order chi connectivity index (χ0) is 62.2. The largest absolute Gasteiger partial charge is 0.465 e. The number of ether oxygens (including phenoxy) is 2. The van der Waals surface area contributed by atoms with Crippen LogP contribution < -0.4 is 20.9 Å². The van der Waals surface area contributed by atoms with Gasteiger partial charge in [0.15, 0.2) is 0 Å². The fourth-order valence-electron chi connectivity index (χ4n) is 12.7. The Kier molecular flexibility index (Phi) is 18.7. The average Bonchev–Trinajstić information content (AvgIpc) is 2.67. The molecule has 9 rings (SSSR count). The Labute approximate surface area is 504 Å². The third kappa shape index (κ3) is 14.0. The highest BCUT2D eigenvalue weighted by Crippen LogP contribution is 2.43. The number of carboxylic acid groups (broad SMARTS) is 1. The van der Waals surface area contributed by atoms with Crippen molar-refractivity contribution in [3.05, 3.63) is 130 Å². The van der Waals surface area contributed by atoms with Gasteiger partial charge in [0, 0.05) is 82.2 Å². The van der Waals surface area contributed by atoms with Gasteiger partial charge in [-0.15, -0.1) is 0 Å². The highest BCUT2D eigenvalue weighted by Gasteiger charge is 2.49. The van der Waals surface area contributed by atoms with Gasteiger partial charge in [-0.1, -0.05) is 75.4 Å². The fraction of sp³-hybridized carbons (Fsp3) is 0.530. The van der Waals surface area contributed by atoms with E-state index >= 15 is 14.4 Å². The molecule has 0 saturated carbocycles. The zero-order valence-corrected chi connectivity index (χ0v) is 51.7. The Bertz CT molecular complexity index is 3220. The van der Waals surface area contributed by atoms with Gasteiger partial charge in [-0.05, 0) is 149 Å². The maximum atomic E-state index is 15.4. The third-order valence-electron chi connectivity index (χ3n) is 17.9. The van der Waals surface area contributed by atoms with Crippen LogP contribution in [0.4, 0.5) is 25.4 Å². The van der Waals surface area contributed by atoms with Crippen LogP contribution in [0.2, 0.25) is 0 Å². The van der Waals surface area contributed by atoms with Gasteiger partial charge in [-0.25, -0.2) is 14.0 Å². The van der Waals surface area contributed by atoms with Gasteiger partial charge in [0.1, 0.15) is 29.5 Å². The van der Waals surface area contributed by atoms with E-state index in [1.165, 1.54) is 33.9 Å². The molecule has 0 radical (unpaired) electrons. The first-order valence-corrected chi connectivity index (χ1v) is 30.2. The molecule has 1 unspecified atom stereocenters. The van der Waals surface area contributed by atoms with Crippen molar-refractivity contribution in [2.75, 3.05) is 69.7 Å². The van der Waals surface area contributed by atoms with Gasteiger partial charge in [0.2, 0.25) is 29.5 Å². The lowest BCUT2D eigenvalue weighted by Gasteiger charge is -2.47. The van der Waals surface area contributed by atoms with Crippen LogP contribution in [0.3, 0.4) is 0 Å². The van der Waals surface area contributed by atoms with Crippen LogP contribution in [0, 0.1) is 11.2 Å². The van der Waals surface area contributed by atoms with Crippen molar-refractivity contribution >= 4 is 53.1 Å². The highest BCUT2D eigenvalue weighted by atomic mass is 19.1. The topological polar surface area (TPSA) is 214 Å². The second kappa shape index (κ2) is 25.5. The Morgan fingerprint density at radius 2 is 1.58 bits per heavy atom. The summed E-state index contributed by atoms with van der Waals surface area (Å²) in [6.45, 7) is 20.7. The lowest BCUT2D eigenvalue weighted by atomic mass is 9.82. The number of likely N-dealkylation sites (N-methyl/N-ethyl adjacent to an activating group) is 1. The number of rotatable bonds is 14. The molecule has 4 N–H and O–H groups in total. The number of hydrogen-bond donors (Lipinski definition) is 4. The zero-order valence-electron chi connectivity index (χ0n) is 51.7. The van der Waals surface area contributed by atoms with Crippen molar-refractivity contribution < 1.29 is 52.5 Å². The highest BCUT2D eigenvalue weighted by molar-refractivity contribution is 6.07. The number of benzene rings is 4. The van der Waals surface area contributed by atoms with Crippen molar-refractivity contribution in [2.45, 2.75) is 161 Å². The molecule has 2 saturated heterocycles. The summed E-state index contributed by atoms with van der Waals surface area (Å²) in [5, 5.41) is 19.6. The standard InChI is InChI=1S/C66H86FN9O10/c1-40-33-73(50(36-74(40)62(82)83)35-72-27-28-85-38-41(72)2)37-56(77)76-39-66(10,52-26-21-44(30-54(52)76)29-43-19-23-48(67)24-20-43)61(81)68-49-25-22-46-32-55(59(79)69-53-18-14-16-45-15-12-13-17-51(45)53)75(34-47(46)31-49)60(80)57(64(4,5)6)70-58(78)42(3)71(11)63(84)86-65(7,8)9/h12-13,15,17,19-26,30-31,40-42,50,53,55,57H,14,16,18,27-29,32-39H2,1-11H3,(H,68,81)(H,69,79)(H,70,78)(H,82,83)/t40-,41-,42+,50+,53-,55+,57-,66?/m1/s1. The number of fused-ring (bicyclic) bond motifs is 3. The Morgan fingerprint density at radius 3 is 2.28 bits per heavy atom. The lowest BCUT2D eigenvalue weighted by molar-refractivity contribution is -0.147. The molecule has 0 spiro atoms. The molecule has 86 heavy (non-hydrogen) atoms. The summed E-state index contributed by atoms with van der Waals surface area (Å²) in [5.74, 6) is -2.43. The lowest BCUT2D eigenvalue weighted by Crippen LogP contribution is -2.64. The van der Waals surface area contributed by atoms with Gasteiger partial charge in [-0.2, -0.15) is 0 Å². The molecular formula is C66H86FN9O10. The summed E-state index contributed by atoms with van der Waals surface area (Å²) in [5.41, 5.74) is 4.01. The second-order valence-corrected chi connectivity index (χ2v) is 26.6. The number of piperazine rings is 1. The van der Waals surface area contributed by atoms with Gasteiger partial charge < -0.3 is 45.2 Å². The number of aryl methyl sites for hydroxylation is 1. The number of carbonyl (C=O) groups is 7. The molecule has 4 aromatic carbocycles. The maximum absolute atomic E-state index is 15.4. The first-order valence-electron chi connectivity index (χ1n) is 30.2. The minimum absolute atomic E-state index is 0.00954. The molecule has 1 aliphatic carbocycles. The van der Waals surface area contributed by atoms with E-state index < -0.39 is 64.5 Å². The van der Waals surface area contributed by atoms with E-state index in [0.29, 0.717) is 61.8 Å². The van der Waals surface area contributed by atoms with Gasteiger partial charge in [0.25, 0.3) is 0 Å². The van der Waals surface area contributed by atoms with Crippen LogP contribution in [0.5, 0.6) is 0 Å². The summed E-state index contributed by atoms with van der Waals surface area (Å²) in [6, 6.07) is 21.4. The van der Waals surface area contributed by atoms with Crippen molar-refractivity contribution in [1.82, 2.24) is 35.1 Å². The first kappa shape index (κ1) is 63.1. The number of hydrogen-bond acceptors (Lipinski definition) is 11. The van der Waals surface area contributed by atoms with E-state index in [9.17, 15) is 28.7 Å². The molecule has 8 atom stereocenters. The van der Waals surface area contributed by atoms with Crippen LogP contribution in [0.25, 0.3) is 0 Å². The summed E-state index contributed by atoms with van der Waals surface area (Å²) in [6.07, 6.45) is 1.34. The van der Waals surface area contributed by atoms with E-state index in [1.54, 1.807) is 50.8 Å². The number of carbonyl (C=O) groups excluding carboxylic acids is 6. The number of anilines is 2. The van der Waals surface area contributed by atoms with Crippen LogP contribution in [0.15, 0.2) is 84.9 Å². The molecule has 2 fully saturated rings. The van der Waals surface area contributed by atoms with Crippen molar-refractivity contribution in [3.63, 3.8) is 0 Å². The summed E-state index contributed by atoms with van der Waals surface area (Å²) >= 11 is 0. The molecule has 19 nitrogen and oxygen atoms in total. The molecule has 7 amide bonds. The van der Waals surface area contributed by atoms with Crippen molar-refractivity contribution in [2.24, 2.45) is 5.41 Å². The molecule has 0 bridgehead atoms. The number of amides is 7. The number of halogens is 1. The fourth-order valence-corrected chi connectivity index (χ4v) is 12.7. The minimum atomic E-state index is -1.29. The van der Waals surface area contributed by atoms with E-state index in [4.69, 9.17) is 9.47 Å². The number of morpholine rings is 1. The summed E-state index contributed by atoms with van der Waals surface area (Å²) in [4.78, 5) is 110. The van der Waals surface area contributed by atoms with Gasteiger partial charge in [0.05, 0.1) is 31.2 Å². The molecular weight excluding hydrogens is 1100 g/mol. The third-order valence-corrected chi connectivity index (χ3v) is 17.9. The molecule has 5 aliphatic rings. The predicted molar refractivity (Wildman–Crippen MR) is 325 cm³/mol. The van der Waals surface area contributed by atoms with Gasteiger partial charge >= 0.3 is 12.2 Å². The summed E-state index contributed by atoms with van der Waals surface area (Å²) < 4.78 is 25.3. The van der Waals surface area contributed by atoms with Crippen LogP contribution in [-0.4, -0.2) is 173 Å². The first-order chi connectivity index (χ1) is 40.6. The van der Waals surface area contributed by atoms with E-state index in [1.807, 2.05) is 83.1 Å². The van der Waals surface area contributed by atoms with Crippen molar-refractivity contribution in [1.29, 1.82) is 0 Å². The van der Waals surface area contributed by atoms with Crippen LogP contribution in [0.1, 0.15) is 127 Å². The van der Waals surface area contributed by atoms with Crippen LogP contribution >= 0.6 is 0 Å². The average molecular weight is 1180 g/mol. The maximum Gasteiger partial charge on any atom is 0.410 e. The van der Waals surface area contributed by atoms with E-state index in [0.717, 1.165) is 47.1 Å². The van der Waals surface area contributed by atoms with Gasteiger partial charge in [-0.3, -0.25) is 38.7 Å². The van der Waals surface area contributed by atoms with E-state index in [-0.39, 0.29) is 74.4 Å². The molecule has 4 heterocycles. The molecule has 4 aromatic rings. The smallest absolute Gasteiger partial charge is 0.410 e. The normalized spacial score (nSPS) is 23.2. The molecule has 0 aromatic heterocycles. The number of nitrogens with one attached hydrogen (secondary N) is 3. The number of nitrogens with zero attached hydrogens (tertiary/aromatic N) is 6. The Morgan fingerprint density at radius 1 is 0.860 bits per heavy atom. The van der Waals surface area contributed by atoms with Crippen molar-refractivity contribution in [3.8, 4) is 0 Å². The Balaban J connectivity index is 1.00. The monoisotopic (exact) mass is 1180 g/mol. The Hall–Kier alpha value is -7.42. The molecule has 20 heteroatoms. The quantitative estimate of drug-likeness (QED) is 0.0958. The second-order valence-electron chi connectivity index (χ2n) is 26.6. The predicted octanol–water partition coefficient (Wildman–Crippen LogP) is 7.67.